The van der Waals surface area contributed by atoms with Gasteiger partial charge >= 0.3 is 0 Å². The molecule has 3 rings (SSSR count). The van der Waals surface area contributed by atoms with Gasteiger partial charge in [0.05, 0.1) is 0 Å². The van der Waals surface area contributed by atoms with Crippen molar-refractivity contribution >= 4 is 10.9 Å². The molecule has 2 nitrogen and oxygen atoms in total. The Labute approximate surface area is 137 Å². The summed E-state index contributed by atoms with van der Waals surface area (Å²) in [6.45, 7) is 8.80. The maximum absolute atomic E-state index is 12.4. The molecular formula is C21H23NO. The van der Waals surface area contributed by atoms with Crippen LogP contribution in [0.5, 0.6) is 0 Å². The number of H-pyrrole nitrogens is 1. The quantitative estimate of drug-likeness (QED) is 0.686. The van der Waals surface area contributed by atoms with Crippen molar-refractivity contribution in [1.82, 2.24) is 4.98 Å². The molecule has 1 aromatic heterocycles. The molecule has 0 atom stereocenters. The van der Waals surface area contributed by atoms with Crippen LogP contribution >= 0.6 is 0 Å². The standard InChI is InChI=1S/C21H23NO/c1-13(2)15-9-10-16(18(11-15)14(3)4)20-12-21(23)17-7-5-6-8-19(17)22-20/h5-14H,1-4H3,(H,22,23). The molecule has 1 N–H and O–H groups in total. The second-order valence-electron chi connectivity index (χ2n) is 6.75. The zero-order valence-corrected chi connectivity index (χ0v) is 14.2. The molecule has 2 aromatic carbocycles. The van der Waals surface area contributed by atoms with E-state index in [0.29, 0.717) is 11.8 Å². The summed E-state index contributed by atoms with van der Waals surface area (Å²) in [5, 5.41) is 0.737. The molecule has 2 heteroatoms. The van der Waals surface area contributed by atoms with Crippen LogP contribution in [0.4, 0.5) is 0 Å². The molecule has 0 bridgehead atoms. The Morgan fingerprint density at radius 3 is 2.30 bits per heavy atom. The zero-order chi connectivity index (χ0) is 16.6. The van der Waals surface area contributed by atoms with E-state index in [0.717, 1.165) is 22.2 Å². The zero-order valence-electron chi connectivity index (χ0n) is 14.2. The van der Waals surface area contributed by atoms with E-state index in [4.69, 9.17) is 0 Å². The van der Waals surface area contributed by atoms with E-state index in [2.05, 4.69) is 50.9 Å². The topological polar surface area (TPSA) is 32.9 Å². The second kappa shape index (κ2) is 6.04. The van der Waals surface area contributed by atoms with Gasteiger partial charge < -0.3 is 4.98 Å². The van der Waals surface area contributed by atoms with Gasteiger partial charge in [-0.05, 0) is 35.1 Å². The highest BCUT2D eigenvalue weighted by atomic mass is 16.1. The van der Waals surface area contributed by atoms with E-state index < -0.39 is 0 Å². The minimum Gasteiger partial charge on any atom is -0.354 e. The minimum atomic E-state index is 0.0667. The van der Waals surface area contributed by atoms with Crippen LogP contribution in [0.2, 0.25) is 0 Å². The molecule has 0 aliphatic heterocycles. The first kappa shape index (κ1) is 15.5. The van der Waals surface area contributed by atoms with Gasteiger partial charge in [-0.2, -0.15) is 0 Å². The molecule has 0 radical (unpaired) electrons. The molecule has 0 fully saturated rings. The Balaban J connectivity index is 2.24. The first-order chi connectivity index (χ1) is 11.0. The first-order valence-electron chi connectivity index (χ1n) is 8.23. The molecular weight excluding hydrogens is 282 g/mol. The molecule has 0 saturated carbocycles. The van der Waals surface area contributed by atoms with Crippen LogP contribution < -0.4 is 5.43 Å². The highest BCUT2D eigenvalue weighted by molar-refractivity contribution is 5.81. The third kappa shape index (κ3) is 2.94. The number of pyridine rings is 1. The van der Waals surface area contributed by atoms with E-state index in [1.54, 1.807) is 6.07 Å². The fraction of sp³-hybridized carbons (Fsp3) is 0.286. The predicted molar refractivity (Wildman–Crippen MR) is 98.2 cm³/mol. The summed E-state index contributed by atoms with van der Waals surface area (Å²) in [6, 6.07) is 16.0. The molecule has 0 amide bonds. The molecule has 0 spiro atoms. The van der Waals surface area contributed by atoms with E-state index in [1.807, 2.05) is 24.3 Å². The average Bonchev–Trinajstić information content (AvgIpc) is 2.54. The van der Waals surface area contributed by atoms with E-state index in [-0.39, 0.29) is 5.43 Å². The van der Waals surface area contributed by atoms with Gasteiger partial charge in [0, 0.05) is 28.2 Å². The van der Waals surface area contributed by atoms with Crippen LogP contribution in [0.15, 0.2) is 53.3 Å². The molecule has 0 saturated heterocycles. The lowest BCUT2D eigenvalue weighted by Gasteiger charge is -2.17. The average molecular weight is 305 g/mol. The Bertz CT molecular complexity index is 903. The van der Waals surface area contributed by atoms with Gasteiger partial charge in [-0.15, -0.1) is 0 Å². The van der Waals surface area contributed by atoms with E-state index >= 15 is 0 Å². The van der Waals surface area contributed by atoms with Crippen molar-refractivity contribution in [3.63, 3.8) is 0 Å². The van der Waals surface area contributed by atoms with Crippen molar-refractivity contribution in [3.8, 4) is 11.3 Å². The van der Waals surface area contributed by atoms with Crippen LogP contribution in [0, 0.1) is 0 Å². The normalized spacial score (nSPS) is 11.6. The number of para-hydroxylation sites is 1. The molecule has 0 aliphatic carbocycles. The molecule has 1 heterocycles. The number of benzene rings is 2. The highest BCUT2D eigenvalue weighted by Crippen LogP contribution is 2.31. The van der Waals surface area contributed by atoms with Gasteiger partial charge in [-0.1, -0.05) is 58.0 Å². The van der Waals surface area contributed by atoms with Crippen LogP contribution in [-0.4, -0.2) is 4.98 Å². The molecule has 3 aromatic rings. The lowest BCUT2D eigenvalue weighted by molar-refractivity contribution is 0.835. The summed E-state index contributed by atoms with van der Waals surface area (Å²) >= 11 is 0. The third-order valence-corrected chi connectivity index (χ3v) is 4.39. The first-order valence-corrected chi connectivity index (χ1v) is 8.23. The van der Waals surface area contributed by atoms with Crippen molar-refractivity contribution in [2.24, 2.45) is 0 Å². The van der Waals surface area contributed by atoms with Crippen molar-refractivity contribution in [3.05, 3.63) is 69.9 Å². The fourth-order valence-corrected chi connectivity index (χ4v) is 3.01. The van der Waals surface area contributed by atoms with E-state index in [9.17, 15) is 4.79 Å². The maximum Gasteiger partial charge on any atom is 0.190 e. The van der Waals surface area contributed by atoms with Crippen LogP contribution in [0.25, 0.3) is 22.2 Å². The molecule has 0 aliphatic rings. The monoisotopic (exact) mass is 305 g/mol. The number of aromatic amines is 1. The second-order valence-corrected chi connectivity index (χ2v) is 6.75. The van der Waals surface area contributed by atoms with Crippen molar-refractivity contribution in [2.75, 3.05) is 0 Å². The molecule has 23 heavy (non-hydrogen) atoms. The number of hydrogen-bond donors (Lipinski definition) is 1. The molecule has 0 unspecified atom stereocenters. The summed E-state index contributed by atoms with van der Waals surface area (Å²) in [5.41, 5.74) is 5.58. The molecule has 118 valence electrons. The van der Waals surface area contributed by atoms with E-state index in [1.165, 1.54) is 11.1 Å². The Kier molecular flexibility index (Phi) is 4.08. The lowest BCUT2D eigenvalue weighted by Crippen LogP contribution is -2.04. The number of rotatable bonds is 3. The summed E-state index contributed by atoms with van der Waals surface area (Å²) in [6.07, 6.45) is 0. The fourth-order valence-electron chi connectivity index (χ4n) is 3.01. The smallest absolute Gasteiger partial charge is 0.190 e. The van der Waals surface area contributed by atoms with Crippen LogP contribution in [0.3, 0.4) is 0 Å². The van der Waals surface area contributed by atoms with Gasteiger partial charge in [-0.25, -0.2) is 0 Å². The number of hydrogen-bond acceptors (Lipinski definition) is 1. The Morgan fingerprint density at radius 1 is 0.870 bits per heavy atom. The SMILES string of the molecule is CC(C)c1ccc(-c2cc(=O)c3ccccc3[nH]2)c(C(C)C)c1. The van der Waals surface area contributed by atoms with Crippen molar-refractivity contribution in [2.45, 2.75) is 39.5 Å². The summed E-state index contributed by atoms with van der Waals surface area (Å²) in [5.74, 6) is 0.899. The predicted octanol–water partition coefficient (Wildman–Crippen LogP) is 5.44. The summed E-state index contributed by atoms with van der Waals surface area (Å²) < 4.78 is 0. The van der Waals surface area contributed by atoms with Crippen molar-refractivity contribution in [1.29, 1.82) is 0 Å². The van der Waals surface area contributed by atoms with Crippen LogP contribution in [-0.2, 0) is 0 Å². The van der Waals surface area contributed by atoms with Gasteiger partial charge in [0.25, 0.3) is 0 Å². The van der Waals surface area contributed by atoms with Crippen molar-refractivity contribution < 1.29 is 0 Å². The Morgan fingerprint density at radius 2 is 1.61 bits per heavy atom. The third-order valence-electron chi connectivity index (χ3n) is 4.39. The van der Waals surface area contributed by atoms with Gasteiger partial charge in [0.15, 0.2) is 5.43 Å². The maximum atomic E-state index is 12.4. The largest absolute Gasteiger partial charge is 0.354 e. The van der Waals surface area contributed by atoms with Gasteiger partial charge in [0.1, 0.15) is 0 Å². The highest BCUT2D eigenvalue weighted by Gasteiger charge is 2.13. The number of nitrogens with one attached hydrogen (secondary N) is 1. The summed E-state index contributed by atoms with van der Waals surface area (Å²) in [4.78, 5) is 15.8. The lowest BCUT2D eigenvalue weighted by atomic mass is 9.90. The minimum absolute atomic E-state index is 0.0667. The van der Waals surface area contributed by atoms with Crippen LogP contribution in [0.1, 0.15) is 50.7 Å². The van der Waals surface area contributed by atoms with Gasteiger partial charge in [0.2, 0.25) is 0 Å². The number of fused-ring (bicyclic) bond motifs is 1. The Hall–Kier alpha value is -2.35. The summed E-state index contributed by atoms with van der Waals surface area (Å²) in [7, 11) is 0. The van der Waals surface area contributed by atoms with Gasteiger partial charge in [-0.3, -0.25) is 4.79 Å². The number of aromatic nitrogens is 1.